The standard InChI is InChI=1S/C21H21N3O2S/c1-13-8-9-15(10-14(13)2)24-20(17-11-27-12-18(17)23-24)22-21(25)16-6-4-5-7-19(16)26-3/h4-10H,11-12H2,1-3H3,(H,22,25). The molecule has 0 saturated carbocycles. The summed E-state index contributed by atoms with van der Waals surface area (Å²) in [5, 5.41) is 7.85. The molecule has 0 radical (unpaired) electrons. The topological polar surface area (TPSA) is 56.1 Å². The molecule has 6 heteroatoms. The first kappa shape index (κ1) is 17.7. The Balaban J connectivity index is 1.76. The van der Waals surface area contributed by atoms with Crippen LogP contribution in [-0.4, -0.2) is 22.8 Å². The van der Waals surface area contributed by atoms with Crippen LogP contribution >= 0.6 is 11.8 Å². The molecule has 1 N–H and O–H groups in total. The van der Waals surface area contributed by atoms with Gasteiger partial charge in [-0.3, -0.25) is 4.79 Å². The Labute approximate surface area is 162 Å². The smallest absolute Gasteiger partial charge is 0.260 e. The van der Waals surface area contributed by atoms with E-state index in [-0.39, 0.29) is 5.91 Å². The fraction of sp³-hybridized carbons (Fsp3) is 0.238. The summed E-state index contributed by atoms with van der Waals surface area (Å²) in [4.78, 5) is 13.0. The molecular weight excluding hydrogens is 358 g/mol. The van der Waals surface area contributed by atoms with Crippen molar-refractivity contribution < 1.29 is 9.53 Å². The Kier molecular flexibility index (Phi) is 4.66. The Bertz CT molecular complexity index is 1030. The van der Waals surface area contributed by atoms with Crippen LogP contribution in [0.4, 0.5) is 5.82 Å². The highest BCUT2D eigenvalue weighted by atomic mass is 32.2. The van der Waals surface area contributed by atoms with Crippen LogP contribution in [0.3, 0.4) is 0 Å². The van der Waals surface area contributed by atoms with Gasteiger partial charge in [-0.2, -0.15) is 16.9 Å². The van der Waals surface area contributed by atoms with Crippen molar-refractivity contribution in [1.82, 2.24) is 9.78 Å². The van der Waals surface area contributed by atoms with E-state index in [1.54, 1.807) is 19.2 Å². The maximum atomic E-state index is 13.0. The van der Waals surface area contributed by atoms with Crippen molar-refractivity contribution >= 4 is 23.5 Å². The van der Waals surface area contributed by atoms with Crippen LogP contribution < -0.4 is 10.1 Å². The highest BCUT2D eigenvalue weighted by Crippen LogP contribution is 2.36. The number of fused-ring (bicyclic) bond motifs is 1. The number of ether oxygens (including phenoxy) is 1. The number of anilines is 1. The quantitative estimate of drug-likeness (QED) is 0.725. The van der Waals surface area contributed by atoms with E-state index in [0.717, 1.165) is 34.3 Å². The van der Waals surface area contributed by atoms with Gasteiger partial charge in [0.05, 0.1) is 24.1 Å². The molecule has 0 aliphatic carbocycles. The fourth-order valence-corrected chi connectivity index (χ4v) is 4.23. The molecule has 0 bridgehead atoms. The Morgan fingerprint density at radius 2 is 1.96 bits per heavy atom. The number of nitrogens with zero attached hydrogens (tertiary/aromatic N) is 2. The SMILES string of the molecule is COc1ccccc1C(=O)Nc1c2c(nn1-c1ccc(C)c(C)c1)CSC2. The second-order valence-electron chi connectivity index (χ2n) is 6.60. The molecule has 1 aliphatic heterocycles. The zero-order valence-electron chi connectivity index (χ0n) is 15.6. The first-order chi connectivity index (χ1) is 13.1. The predicted octanol–water partition coefficient (Wildman–Crippen LogP) is 4.50. The Morgan fingerprint density at radius 3 is 2.74 bits per heavy atom. The third kappa shape index (κ3) is 3.21. The van der Waals surface area contributed by atoms with Crippen molar-refractivity contribution in [2.45, 2.75) is 25.4 Å². The molecule has 2 aromatic carbocycles. The minimum Gasteiger partial charge on any atom is -0.496 e. The number of hydrogen-bond acceptors (Lipinski definition) is 4. The number of amides is 1. The van der Waals surface area contributed by atoms with E-state index in [9.17, 15) is 4.79 Å². The summed E-state index contributed by atoms with van der Waals surface area (Å²) < 4.78 is 7.19. The largest absolute Gasteiger partial charge is 0.496 e. The van der Waals surface area contributed by atoms with Gasteiger partial charge in [-0.1, -0.05) is 18.2 Å². The summed E-state index contributed by atoms with van der Waals surface area (Å²) >= 11 is 1.81. The summed E-state index contributed by atoms with van der Waals surface area (Å²) in [5.41, 5.74) is 6.02. The van der Waals surface area contributed by atoms with Gasteiger partial charge in [0.1, 0.15) is 11.6 Å². The van der Waals surface area contributed by atoms with E-state index in [1.165, 1.54) is 11.1 Å². The molecule has 0 fully saturated rings. The highest BCUT2D eigenvalue weighted by Gasteiger charge is 2.25. The molecule has 4 rings (SSSR count). The Hall–Kier alpha value is -2.73. The van der Waals surface area contributed by atoms with Crippen molar-refractivity contribution in [3.8, 4) is 11.4 Å². The van der Waals surface area contributed by atoms with Crippen molar-refractivity contribution in [2.24, 2.45) is 0 Å². The van der Waals surface area contributed by atoms with E-state index in [1.807, 2.05) is 34.6 Å². The summed E-state index contributed by atoms with van der Waals surface area (Å²) in [5.74, 6) is 2.82. The second-order valence-corrected chi connectivity index (χ2v) is 7.59. The lowest BCUT2D eigenvalue weighted by Crippen LogP contribution is -2.17. The van der Waals surface area contributed by atoms with Gasteiger partial charge in [0.15, 0.2) is 0 Å². The lowest BCUT2D eigenvalue weighted by Gasteiger charge is -2.13. The van der Waals surface area contributed by atoms with Gasteiger partial charge in [-0.15, -0.1) is 0 Å². The first-order valence-electron chi connectivity index (χ1n) is 8.79. The minimum atomic E-state index is -0.197. The van der Waals surface area contributed by atoms with Crippen LogP contribution in [-0.2, 0) is 11.5 Å². The molecular formula is C21H21N3O2S. The third-order valence-corrected chi connectivity index (χ3v) is 5.84. The van der Waals surface area contributed by atoms with E-state index >= 15 is 0 Å². The van der Waals surface area contributed by atoms with Gasteiger partial charge in [-0.25, -0.2) is 4.68 Å². The van der Waals surface area contributed by atoms with Crippen molar-refractivity contribution in [2.75, 3.05) is 12.4 Å². The monoisotopic (exact) mass is 379 g/mol. The van der Waals surface area contributed by atoms with Crippen LogP contribution in [0.2, 0.25) is 0 Å². The van der Waals surface area contributed by atoms with Gasteiger partial charge in [-0.05, 0) is 49.2 Å². The van der Waals surface area contributed by atoms with E-state index in [0.29, 0.717) is 11.3 Å². The molecule has 1 amide bonds. The molecule has 0 saturated heterocycles. The van der Waals surface area contributed by atoms with Gasteiger partial charge >= 0.3 is 0 Å². The number of thioether (sulfide) groups is 1. The highest BCUT2D eigenvalue weighted by molar-refractivity contribution is 7.98. The molecule has 27 heavy (non-hydrogen) atoms. The van der Waals surface area contributed by atoms with E-state index in [2.05, 4.69) is 31.3 Å². The molecule has 1 aliphatic rings. The number of methoxy groups -OCH3 is 1. The fourth-order valence-electron chi connectivity index (χ4n) is 3.19. The van der Waals surface area contributed by atoms with Gasteiger partial charge in [0, 0.05) is 17.1 Å². The predicted molar refractivity (Wildman–Crippen MR) is 109 cm³/mol. The molecule has 0 unspecified atom stereocenters. The van der Waals surface area contributed by atoms with Crippen LogP contribution in [0, 0.1) is 13.8 Å². The number of carbonyl (C=O) groups is 1. The lowest BCUT2D eigenvalue weighted by atomic mass is 10.1. The number of rotatable bonds is 4. The molecule has 138 valence electrons. The van der Waals surface area contributed by atoms with Gasteiger partial charge in [0.25, 0.3) is 5.91 Å². The molecule has 0 spiro atoms. The summed E-state index contributed by atoms with van der Waals surface area (Å²) in [6.45, 7) is 4.17. The summed E-state index contributed by atoms with van der Waals surface area (Å²) in [6.07, 6.45) is 0. The molecule has 2 heterocycles. The number of hydrogen-bond donors (Lipinski definition) is 1. The minimum absolute atomic E-state index is 0.197. The lowest BCUT2D eigenvalue weighted by molar-refractivity contribution is 0.102. The third-order valence-electron chi connectivity index (χ3n) is 4.87. The van der Waals surface area contributed by atoms with Crippen molar-refractivity contribution in [3.63, 3.8) is 0 Å². The van der Waals surface area contributed by atoms with Crippen LogP contribution in [0.5, 0.6) is 5.75 Å². The summed E-state index contributed by atoms with van der Waals surface area (Å²) in [6, 6.07) is 13.5. The zero-order chi connectivity index (χ0) is 19.0. The Morgan fingerprint density at radius 1 is 1.15 bits per heavy atom. The maximum absolute atomic E-state index is 13.0. The van der Waals surface area contributed by atoms with Crippen LogP contribution in [0.15, 0.2) is 42.5 Å². The number of para-hydroxylation sites is 1. The van der Waals surface area contributed by atoms with Crippen molar-refractivity contribution in [3.05, 3.63) is 70.4 Å². The summed E-state index contributed by atoms with van der Waals surface area (Å²) in [7, 11) is 1.57. The normalized spacial score (nSPS) is 12.7. The number of benzene rings is 2. The number of aryl methyl sites for hydroxylation is 2. The van der Waals surface area contributed by atoms with Gasteiger partial charge < -0.3 is 10.1 Å². The molecule has 3 aromatic rings. The van der Waals surface area contributed by atoms with E-state index < -0.39 is 0 Å². The average Bonchev–Trinajstić information content (AvgIpc) is 3.26. The first-order valence-corrected chi connectivity index (χ1v) is 9.94. The molecule has 1 aromatic heterocycles. The average molecular weight is 379 g/mol. The van der Waals surface area contributed by atoms with Crippen LogP contribution in [0.1, 0.15) is 32.7 Å². The molecule has 5 nitrogen and oxygen atoms in total. The number of nitrogens with one attached hydrogen (secondary N) is 1. The molecule has 0 atom stereocenters. The zero-order valence-corrected chi connectivity index (χ0v) is 16.4. The van der Waals surface area contributed by atoms with E-state index in [4.69, 9.17) is 9.84 Å². The van der Waals surface area contributed by atoms with Gasteiger partial charge in [0.2, 0.25) is 0 Å². The number of aromatic nitrogens is 2. The maximum Gasteiger partial charge on any atom is 0.260 e. The van der Waals surface area contributed by atoms with Crippen LogP contribution in [0.25, 0.3) is 5.69 Å². The van der Waals surface area contributed by atoms with Crippen molar-refractivity contribution in [1.29, 1.82) is 0 Å². The second kappa shape index (κ2) is 7.12. The number of carbonyl (C=O) groups excluding carboxylic acids is 1.